The van der Waals surface area contributed by atoms with Crippen molar-refractivity contribution in [3.8, 4) is 17.0 Å². The molecule has 25 heavy (non-hydrogen) atoms. The van der Waals surface area contributed by atoms with Gasteiger partial charge in [0.25, 0.3) is 5.82 Å². The molecular weight excluding hydrogens is 354 g/mol. The molecule has 0 radical (unpaired) electrons. The Labute approximate surface area is 135 Å². The molecule has 0 atom stereocenters. The smallest absolute Gasteiger partial charge is 0.406 e. The van der Waals surface area contributed by atoms with Gasteiger partial charge in [0.1, 0.15) is 5.75 Å². The lowest BCUT2D eigenvalue weighted by Gasteiger charge is -2.12. The number of benzene rings is 1. The highest BCUT2D eigenvalue weighted by Crippen LogP contribution is 2.31. The van der Waals surface area contributed by atoms with E-state index < -0.39 is 24.1 Å². The van der Waals surface area contributed by atoms with E-state index in [2.05, 4.69) is 20.0 Å². The third kappa shape index (κ3) is 3.49. The average molecular weight is 362 g/mol. The summed E-state index contributed by atoms with van der Waals surface area (Å²) in [5.41, 5.74) is 0.563. The average Bonchev–Trinajstić information content (AvgIpc) is 2.90. The zero-order chi connectivity index (χ0) is 18.4. The first-order chi connectivity index (χ1) is 11.5. The van der Waals surface area contributed by atoms with Crippen LogP contribution in [0.25, 0.3) is 16.9 Å². The third-order valence-corrected chi connectivity index (χ3v) is 3.23. The van der Waals surface area contributed by atoms with Gasteiger partial charge >= 0.3 is 12.5 Å². The normalized spacial score (nSPS) is 12.6. The maximum absolute atomic E-state index is 12.9. The van der Waals surface area contributed by atoms with Crippen LogP contribution in [0, 0.1) is 6.92 Å². The Kier molecular flexibility index (Phi) is 3.81. The second kappa shape index (κ2) is 5.60. The number of hydrogen-bond donors (Lipinski definition) is 0. The molecule has 0 amide bonds. The van der Waals surface area contributed by atoms with Crippen LogP contribution in [0.4, 0.5) is 26.3 Å². The minimum atomic E-state index is -4.89. The van der Waals surface area contributed by atoms with Crippen molar-refractivity contribution in [2.24, 2.45) is 0 Å². The maximum atomic E-state index is 12.9. The molecule has 0 spiro atoms. The molecule has 0 aliphatic carbocycles. The molecule has 132 valence electrons. The van der Waals surface area contributed by atoms with Gasteiger partial charge in [-0.05, 0) is 36.8 Å². The van der Waals surface area contributed by atoms with Crippen molar-refractivity contribution in [1.29, 1.82) is 0 Å². The van der Waals surface area contributed by atoms with Gasteiger partial charge in [-0.2, -0.15) is 22.8 Å². The summed E-state index contributed by atoms with van der Waals surface area (Å²) in [4.78, 5) is 0. The zero-order valence-electron chi connectivity index (χ0n) is 12.4. The molecule has 0 aliphatic heterocycles. The molecule has 2 heterocycles. The molecule has 3 aromatic rings. The van der Waals surface area contributed by atoms with E-state index in [9.17, 15) is 26.3 Å². The highest BCUT2D eigenvalue weighted by atomic mass is 19.4. The number of aryl methyl sites for hydroxylation is 1. The zero-order valence-corrected chi connectivity index (χ0v) is 12.4. The van der Waals surface area contributed by atoms with E-state index in [4.69, 9.17) is 0 Å². The van der Waals surface area contributed by atoms with Gasteiger partial charge in [-0.25, -0.2) is 0 Å². The van der Waals surface area contributed by atoms with Crippen LogP contribution < -0.4 is 4.74 Å². The summed E-state index contributed by atoms with van der Waals surface area (Å²) in [6, 6.07) is 6.07. The predicted octanol–water partition coefficient (Wildman–Crippen LogP) is 4.02. The molecule has 5 nitrogen and oxygen atoms in total. The lowest BCUT2D eigenvalue weighted by Crippen LogP contribution is -2.17. The van der Waals surface area contributed by atoms with Gasteiger partial charge in [0, 0.05) is 5.56 Å². The van der Waals surface area contributed by atoms with E-state index in [0.29, 0.717) is 10.1 Å². The van der Waals surface area contributed by atoms with Crippen LogP contribution in [0.2, 0.25) is 0 Å². The molecule has 2 aromatic heterocycles. The van der Waals surface area contributed by atoms with Gasteiger partial charge in [0.2, 0.25) is 0 Å². The van der Waals surface area contributed by atoms with E-state index in [1.165, 1.54) is 18.2 Å². The van der Waals surface area contributed by atoms with Crippen LogP contribution in [0.15, 0.2) is 30.3 Å². The fraction of sp³-hybridized carbons (Fsp3) is 0.214. The minimum absolute atomic E-state index is 0.0166. The summed E-state index contributed by atoms with van der Waals surface area (Å²) in [7, 11) is 0. The monoisotopic (exact) mass is 362 g/mol. The first-order valence-electron chi connectivity index (χ1n) is 6.71. The summed E-state index contributed by atoms with van der Waals surface area (Å²) < 4.78 is 80.1. The van der Waals surface area contributed by atoms with Crippen LogP contribution in [-0.2, 0) is 6.18 Å². The second-order valence-corrected chi connectivity index (χ2v) is 5.03. The second-order valence-electron chi connectivity index (χ2n) is 5.03. The Morgan fingerprint density at radius 1 is 0.960 bits per heavy atom. The minimum Gasteiger partial charge on any atom is -0.406 e. The van der Waals surface area contributed by atoms with Gasteiger partial charge in [0.05, 0.1) is 5.69 Å². The molecular formula is C14H8F6N4O. The molecule has 1 aromatic carbocycles. The summed E-state index contributed by atoms with van der Waals surface area (Å²) in [6.07, 6.45) is -9.66. The number of fused-ring (bicyclic) bond motifs is 1. The maximum Gasteiger partial charge on any atom is 0.573 e. The Balaban J connectivity index is 2.11. The van der Waals surface area contributed by atoms with Crippen molar-refractivity contribution in [3.05, 3.63) is 41.7 Å². The van der Waals surface area contributed by atoms with Crippen LogP contribution in [-0.4, -0.2) is 26.2 Å². The Morgan fingerprint density at radius 3 is 2.32 bits per heavy atom. The van der Waals surface area contributed by atoms with Gasteiger partial charge in [-0.1, -0.05) is 6.07 Å². The molecule has 0 bridgehead atoms. The number of nitrogens with zero attached hydrogens (tertiary/aromatic N) is 4. The molecule has 0 fully saturated rings. The lowest BCUT2D eigenvalue weighted by atomic mass is 10.1. The van der Waals surface area contributed by atoms with Crippen LogP contribution in [0.1, 0.15) is 11.4 Å². The largest absolute Gasteiger partial charge is 0.573 e. The Bertz CT molecular complexity index is 931. The van der Waals surface area contributed by atoms with Crippen molar-refractivity contribution in [1.82, 2.24) is 19.8 Å². The number of alkyl halides is 6. The number of rotatable bonds is 2. The van der Waals surface area contributed by atoms with Crippen molar-refractivity contribution in [2.45, 2.75) is 19.5 Å². The first kappa shape index (κ1) is 17.0. The number of hydrogen-bond acceptors (Lipinski definition) is 4. The van der Waals surface area contributed by atoms with Gasteiger partial charge in [-0.3, -0.25) is 0 Å². The Morgan fingerprint density at radius 2 is 1.68 bits per heavy atom. The summed E-state index contributed by atoms with van der Waals surface area (Å²) in [6.45, 7) is 1.58. The third-order valence-electron chi connectivity index (χ3n) is 3.23. The van der Waals surface area contributed by atoms with E-state index in [1.807, 2.05) is 0 Å². The molecule has 0 saturated carbocycles. The predicted molar refractivity (Wildman–Crippen MR) is 72.6 cm³/mol. The molecule has 0 saturated heterocycles. The van der Waals surface area contributed by atoms with Crippen LogP contribution in [0.3, 0.4) is 0 Å². The van der Waals surface area contributed by atoms with Crippen molar-refractivity contribution >= 4 is 5.65 Å². The number of ether oxygens (including phenoxy) is 1. The van der Waals surface area contributed by atoms with E-state index in [0.717, 1.165) is 12.1 Å². The van der Waals surface area contributed by atoms with Gasteiger partial charge < -0.3 is 4.74 Å². The van der Waals surface area contributed by atoms with Gasteiger partial charge in [-0.15, -0.1) is 23.4 Å². The van der Waals surface area contributed by atoms with E-state index in [1.54, 1.807) is 6.92 Å². The molecule has 3 rings (SSSR count). The van der Waals surface area contributed by atoms with Crippen molar-refractivity contribution < 1.29 is 31.1 Å². The molecule has 0 aliphatic rings. The van der Waals surface area contributed by atoms with Gasteiger partial charge in [0.15, 0.2) is 5.65 Å². The molecule has 0 N–H and O–H groups in total. The fourth-order valence-corrected chi connectivity index (χ4v) is 2.18. The number of aromatic nitrogens is 4. The van der Waals surface area contributed by atoms with Crippen molar-refractivity contribution in [3.63, 3.8) is 0 Å². The highest BCUT2D eigenvalue weighted by molar-refractivity contribution is 5.66. The quantitative estimate of drug-likeness (QED) is 0.647. The Hall–Kier alpha value is -2.85. The van der Waals surface area contributed by atoms with Crippen molar-refractivity contribution in [2.75, 3.05) is 0 Å². The van der Waals surface area contributed by atoms with E-state index in [-0.39, 0.29) is 16.9 Å². The first-order valence-corrected chi connectivity index (χ1v) is 6.71. The molecule has 11 heteroatoms. The summed E-state index contributed by atoms with van der Waals surface area (Å²) in [5.74, 6) is -1.83. The topological polar surface area (TPSA) is 52.3 Å². The highest BCUT2D eigenvalue weighted by Gasteiger charge is 2.37. The SMILES string of the molecule is Cc1ccc(OC(F)(F)F)cc1-c1ccc2nnc(C(F)(F)F)n2n1. The van der Waals surface area contributed by atoms with Crippen LogP contribution >= 0.6 is 0 Å². The lowest BCUT2D eigenvalue weighted by molar-refractivity contribution is -0.274. The van der Waals surface area contributed by atoms with Crippen LogP contribution in [0.5, 0.6) is 5.75 Å². The van der Waals surface area contributed by atoms with E-state index >= 15 is 0 Å². The standard InChI is InChI=1S/C14H8F6N4O/c1-7-2-3-8(25-14(18,19)20)6-9(7)10-4-5-11-21-22-12(13(15,16)17)24(11)23-10/h2-6H,1H3. The number of halogens is 6. The summed E-state index contributed by atoms with van der Waals surface area (Å²) >= 11 is 0. The fourth-order valence-electron chi connectivity index (χ4n) is 2.18. The molecule has 0 unspecified atom stereocenters. The summed E-state index contributed by atoms with van der Waals surface area (Å²) in [5, 5.41) is 10.2.